The molecule has 0 aromatic heterocycles. The SMILES string of the molecule is COc1ccc(CN(C(=O)CN(c2cc(C)ccc2C)S(=O)(=O)N(C)C)[C@@H](C)C(=O)NC(C)(C)C)cc1. The maximum atomic E-state index is 13.8. The third-order valence-electron chi connectivity index (χ3n) is 5.83. The van der Waals surface area contributed by atoms with E-state index in [1.54, 1.807) is 39.2 Å². The molecule has 0 unspecified atom stereocenters. The summed E-state index contributed by atoms with van der Waals surface area (Å²) in [6.45, 7) is 10.5. The number of rotatable bonds is 10. The summed E-state index contributed by atoms with van der Waals surface area (Å²) in [5.41, 5.74) is 2.26. The van der Waals surface area contributed by atoms with Gasteiger partial charge in [-0.15, -0.1) is 0 Å². The molecule has 0 bridgehead atoms. The highest BCUT2D eigenvalue weighted by Crippen LogP contribution is 2.26. The minimum atomic E-state index is -4.01. The van der Waals surface area contributed by atoms with E-state index in [0.717, 1.165) is 19.7 Å². The number of carbonyl (C=O) groups is 2. The van der Waals surface area contributed by atoms with Gasteiger partial charge in [-0.1, -0.05) is 24.3 Å². The van der Waals surface area contributed by atoms with Crippen LogP contribution in [0.2, 0.25) is 0 Å². The van der Waals surface area contributed by atoms with E-state index in [1.165, 1.54) is 19.0 Å². The van der Waals surface area contributed by atoms with Crippen molar-refractivity contribution in [2.45, 2.75) is 59.7 Å². The van der Waals surface area contributed by atoms with Crippen molar-refractivity contribution in [3.8, 4) is 5.75 Å². The highest BCUT2D eigenvalue weighted by Gasteiger charge is 2.34. The third kappa shape index (κ3) is 7.93. The number of aryl methyl sites for hydroxylation is 2. The fraction of sp³-hybridized carbons (Fsp3) is 0.481. The van der Waals surface area contributed by atoms with E-state index in [0.29, 0.717) is 17.0 Å². The fourth-order valence-corrected chi connectivity index (χ4v) is 4.79. The number of hydrogen-bond acceptors (Lipinski definition) is 5. The van der Waals surface area contributed by atoms with Crippen molar-refractivity contribution < 1.29 is 22.7 Å². The molecule has 37 heavy (non-hydrogen) atoms. The number of methoxy groups -OCH3 is 1. The van der Waals surface area contributed by atoms with Gasteiger partial charge < -0.3 is 15.0 Å². The Balaban J connectivity index is 2.52. The average molecular weight is 533 g/mol. The lowest BCUT2D eigenvalue weighted by Crippen LogP contribution is -2.55. The normalized spacial score (nSPS) is 12.7. The lowest BCUT2D eigenvalue weighted by atomic mass is 10.1. The summed E-state index contributed by atoms with van der Waals surface area (Å²) < 4.78 is 34.1. The molecular formula is C27H40N4O5S. The number of amides is 2. The second kappa shape index (κ2) is 12.0. The third-order valence-corrected chi connectivity index (χ3v) is 7.64. The van der Waals surface area contributed by atoms with Gasteiger partial charge >= 0.3 is 10.2 Å². The molecule has 2 rings (SSSR count). The van der Waals surface area contributed by atoms with Crippen LogP contribution >= 0.6 is 0 Å². The summed E-state index contributed by atoms with van der Waals surface area (Å²) in [5, 5.41) is 2.92. The molecule has 0 spiro atoms. The Morgan fingerprint density at radius 3 is 2.14 bits per heavy atom. The fourth-order valence-electron chi connectivity index (χ4n) is 3.67. The first kappa shape index (κ1) is 30.1. The number of carbonyl (C=O) groups excluding carboxylic acids is 2. The van der Waals surface area contributed by atoms with Gasteiger partial charge in [-0.3, -0.25) is 9.59 Å². The van der Waals surface area contributed by atoms with Gasteiger partial charge in [0, 0.05) is 26.2 Å². The van der Waals surface area contributed by atoms with E-state index in [4.69, 9.17) is 4.74 Å². The van der Waals surface area contributed by atoms with E-state index < -0.39 is 34.2 Å². The predicted octanol–water partition coefficient (Wildman–Crippen LogP) is 3.26. The lowest BCUT2D eigenvalue weighted by molar-refractivity contribution is -0.140. The molecule has 2 aromatic carbocycles. The first-order valence-corrected chi connectivity index (χ1v) is 13.5. The zero-order chi connectivity index (χ0) is 28.1. The van der Waals surface area contributed by atoms with Crippen molar-refractivity contribution in [2.24, 2.45) is 0 Å². The molecule has 2 amide bonds. The minimum Gasteiger partial charge on any atom is -0.497 e. The highest BCUT2D eigenvalue weighted by molar-refractivity contribution is 7.90. The molecule has 0 saturated carbocycles. The zero-order valence-electron chi connectivity index (χ0n) is 23.3. The molecule has 0 radical (unpaired) electrons. The molecule has 10 heteroatoms. The molecule has 1 N–H and O–H groups in total. The maximum absolute atomic E-state index is 13.8. The van der Waals surface area contributed by atoms with Crippen LogP contribution in [-0.2, 0) is 26.3 Å². The molecular weight excluding hydrogens is 492 g/mol. The molecule has 0 saturated heterocycles. The highest BCUT2D eigenvalue weighted by atomic mass is 32.2. The van der Waals surface area contributed by atoms with Crippen LogP contribution in [0.5, 0.6) is 5.75 Å². The summed E-state index contributed by atoms with van der Waals surface area (Å²) in [6.07, 6.45) is 0. The van der Waals surface area contributed by atoms with Crippen molar-refractivity contribution in [1.82, 2.24) is 14.5 Å². The number of nitrogens with one attached hydrogen (secondary N) is 1. The monoisotopic (exact) mass is 532 g/mol. The van der Waals surface area contributed by atoms with Crippen LogP contribution in [0.3, 0.4) is 0 Å². The van der Waals surface area contributed by atoms with Crippen LogP contribution in [0.15, 0.2) is 42.5 Å². The standard InChI is InChI=1S/C27H40N4O5S/c1-19-10-11-20(2)24(16-19)31(37(34,35)29(7)8)18-25(32)30(21(3)26(33)28-27(4,5)6)17-22-12-14-23(36-9)15-13-22/h10-16,21H,17-18H2,1-9H3,(H,28,33)/t21-/m0/s1. The quantitative estimate of drug-likeness (QED) is 0.506. The second-order valence-corrected chi connectivity index (χ2v) is 12.4. The minimum absolute atomic E-state index is 0.115. The van der Waals surface area contributed by atoms with Gasteiger partial charge in [0.2, 0.25) is 11.8 Å². The summed E-state index contributed by atoms with van der Waals surface area (Å²) in [4.78, 5) is 28.3. The number of anilines is 1. The Hall–Kier alpha value is -3.11. The van der Waals surface area contributed by atoms with E-state index in [1.807, 2.05) is 52.0 Å². The van der Waals surface area contributed by atoms with Crippen LogP contribution in [0.25, 0.3) is 0 Å². The first-order chi connectivity index (χ1) is 17.1. The van der Waals surface area contributed by atoms with E-state index in [2.05, 4.69) is 5.32 Å². The summed E-state index contributed by atoms with van der Waals surface area (Å²) >= 11 is 0. The van der Waals surface area contributed by atoms with E-state index in [-0.39, 0.29) is 12.5 Å². The largest absolute Gasteiger partial charge is 0.497 e. The Kier molecular flexibility index (Phi) is 9.73. The van der Waals surface area contributed by atoms with Gasteiger partial charge in [0.05, 0.1) is 12.8 Å². The van der Waals surface area contributed by atoms with Crippen molar-refractivity contribution in [3.63, 3.8) is 0 Å². The van der Waals surface area contributed by atoms with Crippen molar-refractivity contribution in [3.05, 3.63) is 59.2 Å². The number of benzene rings is 2. The van der Waals surface area contributed by atoms with Crippen LogP contribution in [0.1, 0.15) is 44.4 Å². The van der Waals surface area contributed by atoms with Crippen LogP contribution in [-0.4, -0.2) is 68.8 Å². The molecule has 0 heterocycles. The second-order valence-electron chi connectivity index (χ2n) is 10.4. The van der Waals surface area contributed by atoms with Gasteiger partial charge in [0.15, 0.2) is 0 Å². The molecule has 1 atom stereocenters. The summed E-state index contributed by atoms with van der Waals surface area (Å²) in [7, 11) is 0.398. The van der Waals surface area contributed by atoms with Crippen molar-refractivity contribution in [1.29, 1.82) is 0 Å². The van der Waals surface area contributed by atoms with Crippen LogP contribution < -0.4 is 14.4 Å². The van der Waals surface area contributed by atoms with Crippen molar-refractivity contribution in [2.75, 3.05) is 32.1 Å². The van der Waals surface area contributed by atoms with Gasteiger partial charge in [0.1, 0.15) is 18.3 Å². The Labute approximate surface area is 221 Å². The Morgan fingerprint density at radius 1 is 1.03 bits per heavy atom. The number of nitrogens with zero attached hydrogens (tertiary/aromatic N) is 3. The van der Waals surface area contributed by atoms with Crippen molar-refractivity contribution >= 4 is 27.7 Å². The molecule has 0 aliphatic rings. The summed E-state index contributed by atoms with van der Waals surface area (Å²) in [5.74, 6) is -0.167. The lowest BCUT2D eigenvalue weighted by Gasteiger charge is -2.34. The molecule has 9 nitrogen and oxygen atoms in total. The number of ether oxygens (including phenoxy) is 1. The van der Waals surface area contributed by atoms with Gasteiger partial charge in [-0.2, -0.15) is 12.7 Å². The Bertz CT molecular complexity index is 1200. The zero-order valence-corrected chi connectivity index (χ0v) is 24.1. The van der Waals surface area contributed by atoms with Crippen LogP contribution in [0, 0.1) is 13.8 Å². The molecule has 0 aliphatic heterocycles. The summed E-state index contributed by atoms with van der Waals surface area (Å²) in [6, 6.07) is 11.8. The average Bonchev–Trinajstić information content (AvgIpc) is 2.81. The van der Waals surface area contributed by atoms with Gasteiger partial charge in [-0.05, 0) is 76.4 Å². The van der Waals surface area contributed by atoms with Gasteiger partial charge in [-0.25, -0.2) is 4.31 Å². The van der Waals surface area contributed by atoms with E-state index >= 15 is 0 Å². The molecule has 204 valence electrons. The maximum Gasteiger partial charge on any atom is 0.304 e. The Morgan fingerprint density at radius 2 is 1.62 bits per heavy atom. The van der Waals surface area contributed by atoms with Gasteiger partial charge in [0.25, 0.3) is 0 Å². The molecule has 0 aliphatic carbocycles. The number of hydrogen-bond donors (Lipinski definition) is 1. The van der Waals surface area contributed by atoms with E-state index in [9.17, 15) is 18.0 Å². The topological polar surface area (TPSA) is 99.3 Å². The predicted molar refractivity (Wildman–Crippen MR) is 147 cm³/mol. The molecule has 2 aromatic rings. The molecule has 0 fully saturated rings. The first-order valence-electron chi connectivity index (χ1n) is 12.1. The smallest absolute Gasteiger partial charge is 0.304 e. The van der Waals surface area contributed by atoms with Crippen LogP contribution in [0.4, 0.5) is 5.69 Å².